The summed E-state index contributed by atoms with van der Waals surface area (Å²) in [6, 6.07) is 18.1. The van der Waals surface area contributed by atoms with Gasteiger partial charge in [0.25, 0.3) is 5.91 Å². The summed E-state index contributed by atoms with van der Waals surface area (Å²) in [6.07, 6.45) is 0. The zero-order valence-electron chi connectivity index (χ0n) is 13.4. The number of thiazole rings is 1. The van der Waals surface area contributed by atoms with Crippen molar-refractivity contribution in [3.63, 3.8) is 0 Å². The van der Waals surface area contributed by atoms with E-state index in [0.717, 1.165) is 5.69 Å². The summed E-state index contributed by atoms with van der Waals surface area (Å²) in [5.74, 6) is -0.261. The molecule has 0 radical (unpaired) electrons. The molecule has 0 unspecified atom stereocenters. The van der Waals surface area contributed by atoms with E-state index in [-0.39, 0.29) is 11.6 Å². The minimum absolute atomic E-state index is 0.257. The van der Waals surface area contributed by atoms with Crippen LogP contribution in [0.5, 0.6) is 0 Å². The maximum absolute atomic E-state index is 12.2. The number of anilines is 1. The van der Waals surface area contributed by atoms with E-state index in [9.17, 15) is 9.59 Å². The van der Waals surface area contributed by atoms with Gasteiger partial charge in [-0.2, -0.15) is 0 Å². The van der Waals surface area contributed by atoms with E-state index in [4.69, 9.17) is 4.52 Å². The first-order valence-corrected chi connectivity index (χ1v) is 8.61. The van der Waals surface area contributed by atoms with E-state index >= 15 is 0 Å². The van der Waals surface area contributed by atoms with E-state index in [1.807, 2.05) is 36.4 Å². The Hall–Kier alpha value is -3.52. The van der Waals surface area contributed by atoms with Crippen molar-refractivity contribution in [1.82, 2.24) is 10.3 Å². The normalized spacial score (nSPS) is 10.6. The second kappa shape index (κ2) is 6.77. The van der Waals surface area contributed by atoms with Crippen LogP contribution in [-0.4, -0.2) is 16.2 Å². The van der Waals surface area contributed by atoms with E-state index in [1.165, 1.54) is 16.0 Å². The molecule has 2 aromatic carbocycles. The van der Waals surface area contributed by atoms with Crippen molar-refractivity contribution in [3.05, 3.63) is 82.0 Å². The second-order valence-electron chi connectivity index (χ2n) is 5.36. The van der Waals surface area contributed by atoms with Crippen LogP contribution in [0.4, 0.5) is 5.13 Å². The molecule has 0 saturated heterocycles. The van der Waals surface area contributed by atoms with Gasteiger partial charge in [0, 0.05) is 23.1 Å². The molecule has 0 saturated carbocycles. The first-order chi connectivity index (χ1) is 12.7. The van der Waals surface area contributed by atoms with E-state index < -0.39 is 5.63 Å². The van der Waals surface area contributed by atoms with Crippen molar-refractivity contribution in [3.8, 4) is 17.1 Å². The maximum atomic E-state index is 12.2. The number of aromatic nitrogens is 3. The molecule has 2 aromatic heterocycles. The number of nitrogens with one attached hydrogen (secondary N) is 2. The summed E-state index contributed by atoms with van der Waals surface area (Å²) in [5.41, 5.74) is 1.39. The molecule has 0 bridgehead atoms. The molecule has 0 aliphatic carbocycles. The van der Waals surface area contributed by atoms with Crippen LogP contribution < -0.4 is 15.6 Å². The Labute approximate surface area is 151 Å². The third-order valence-corrected chi connectivity index (χ3v) is 4.42. The largest absolute Gasteiger partial charge is 0.437 e. The van der Waals surface area contributed by atoms with Crippen LogP contribution in [0.3, 0.4) is 0 Å². The van der Waals surface area contributed by atoms with Gasteiger partial charge in [0.1, 0.15) is 0 Å². The maximum Gasteiger partial charge on any atom is 0.437 e. The fraction of sp³-hybridized carbons (Fsp3) is 0. The smallest absolute Gasteiger partial charge is 0.298 e. The van der Waals surface area contributed by atoms with Gasteiger partial charge in [-0.3, -0.25) is 14.6 Å². The first-order valence-electron chi connectivity index (χ1n) is 7.73. The molecule has 7 nitrogen and oxygen atoms in total. The molecule has 1 amide bonds. The number of amides is 1. The average molecular weight is 365 g/mol. The summed E-state index contributed by atoms with van der Waals surface area (Å²) < 4.78 is 6.44. The molecule has 2 N–H and O–H groups in total. The SMILES string of the molecule is O=C(Nc1nc(-c2c(=O)o[nH][n+]2-c2ccccc2)cs1)c1ccccc1. The quantitative estimate of drug-likeness (QED) is 0.544. The van der Waals surface area contributed by atoms with Gasteiger partial charge >= 0.3 is 11.3 Å². The minimum atomic E-state index is -0.542. The lowest BCUT2D eigenvalue weighted by Crippen LogP contribution is -2.36. The molecule has 26 heavy (non-hydrogen) atoms. The number of hydrogen-bond donors (Lipinski definition) is 2. The molecular weight excluding hydrogens is 352 g/mol. The molecule has 128 valence electrons. The van der Waals surface area contributed by atoms with Crippen LogP contribution in [0.25, 0.3) is 17.1 Å². The highest BCUT2D eigenvalue weighted by Gasteiger charge is 2.27. The molecule has 4 aromatic rings. The topological polar surface area (TPSA) is 91.9 Å². The van der Waals surface area contributed by atoms with Gasteiger partial charge in [-0.25, -0.2) is 9.78 Å². The fourth-order valence-electron chi connectivity index (χ4n) is 2.45. The van der Waals surface area contributed by atoms with Crippen molar-refractivity contribution < 1.29 is 14.0 Å². The molecule has 4 rings (SSSR count). The van der Waals surface area contributed by atoms with Gasteiger partial charge in [-0.05, 0) is 22.1 Å². The number of aromatic amines is 1. The van der Waals surface area contributed by atoms with Gasteiger partial charge in [-0.15, -0.1) is 11.3 Å². The molecule has 0 aliphatic heterocycles. The summed E-state index contributed by atoms with van der Waals surface area (Å²) in [5, 5.41) is 7.40. The predicted molar refractivity (Wildman–Crippen MR) is 96.4 cm³/mol. The number of H-pyrrole nitrogens is 1. The van der Waals surface area contributed by atoms with E-state index in [1.54, 1.807) is 29.6 Å². The Bertz CT molecular complexity index is 1100. The van der Waals surface area contributed by atoms with Gasteiger partial charge in [-0.1, -0.05) is 36.4 Å². The van der Waals surface area contributed by atoms with Crippen LogP contribution in [0.2, 0.25) is 0 Å². The minimum Gasteiger partial charge on any atom is -0.298 e. The average Bonchev–Trinajstić information content (AvgIpc) is 3.29. The predicted octanol–water partition coefficient (Wildman–Crippen LogP) is 2.62. The Morgan fingerprint density at radius 3 is 2.50 bits per heavy atom. The van der Waals surface area contributed by atoms with Crippen LogP contribution in [0, 0.1) is 0 Å². The second-order valence-corrected chi connectivity index (χ2v) is 6.22. The summed E-state index contributed by atoms with van der Waals surface area (Å²) in [4.78, 5) is 28.7. The number of carbonyl (C=O) groups excluding carboxylic acids is 1. The van der Waals surface area contributed by atoms with Gasteiger partial charge < -0.3 is 0 Å². The van der Waals surface area contributed by atoms with Crippen molar-refractivity contribution in [2.45, 2.75) is 0 Å². The summed E-state index contributed by atoms with van der Waals surface area (Å²) in [7, 11) is 0. The highest BCUT2D eigenvalue weighted by molar-refractivity contribution is 7.14. The molecule has 8 heteroatoms. The number of nitrogens with zero attached hydrogens (tertiary/aromatic N) is 2. The molecule has 0 spiro atoms. The van der Waals surface area contributed by atoms with Crippen LogP contribution >= 0.6 is 11.3 Å². The van der Waals surface area contributed by atoms with Gasteiger partial charge in [0.05, 0.1) is 0 Å². The monoisotopic (exact) mass is 365 g/mol. The van der Waals surface area contributed by atoms with Crippen molar-refractivity contribution >= 4 is 22.4 Å². The van der Waals surface area contributed by atoms with Crippen molar-refractivity contribution in [2.24, 2.45) is 0 Å². The lowest BCUT2D eigenvalue weighted by Gasteiger charge is -2.00. The summed E-state index contributed by atoms with van der Waals surface area (Å²) in [6.45, 7) is 0. The number of rotatable bonds is 4. The van der Waals surface area contributed by atoms with Crippen LogP contribution in [0.1, 0.15) is 10.4 Å². The Morgan fingerprint density at radius 2 is 1.77 bits per heavy atom. The number of para-hydroxylation sites is 1. The van der Waals surface area contributed by atoms with Crippen LogP contribution in [-0.2, 0) is 0 Å². The van der Waals surface area contributed by atoms with Crippen LogP contribution in [0.15, 0.2) is 75.4 Å². The van der Waals surface area contributed by atoms with E-state index in [0.29, 0.717) is 16.4 Å². The summed E-state index contributed by atoms with van der Waals surface area (Å²) >= 11 is 1.23. The first kappa shape index (κ1) is 16.0. The van der Waals surface area contributed by atoms with E-state index in [2.05, 4.69) is 15.6 Å². The Kier molecular flexibility index (Phi) is 4.16. The number of benzene rings is 2. The Balaban J connectivity index is 1.64. The van der Waals surface area contributed by atoms with Gasteiger partial charge in [0.2, 0.25) is 5.69 Å². The fourth-order valence-corrected chi connectivity index (χ4v) is 3.14. The van der Waals surface area contributed by atoms with Crippen molar-refractivity contribution in [2.75, 3.05) is 5.32 Å². The lowest BCUT2D eigenvalue weighted by atomic mass is 10.2. The third-order valence-electron chi connectivity index (χ3n) is 3.66. The highest BCUT2D eigenvalue weighted by atomic mass is 32.1. The molecule has 0 atom stereocenters. The lowest BCUT2D eigenvalue weighted by molar-refractivity contribution is -0.660. The molecular formula is C18H13N4O3S+. The number of carbonyl (C=O) groups is 1. The standard InChI is InChI=1S/C18H12N4O3S/c23-16(12-7-3-1-4-8-12)20-18-19-14(11-26-18)15-17(24)25-21-22(15)13-9-5-2-6-10-13/h1-11H,(H-,19,20,21,23,24)/p+1. The zero-order chi connectivity index (χ0) is 17.9. The third kappa shape index (κ3) is 3.05. The molecule has 0 aliphatic rings. The van der Waals surface area contributed by atoms with Crippen molar-refractivity contribution in [1.29, 1.82) is 0 Å². The molecule has 2 heterocycles. The zero-order valence-corrected chi connectivity index (χ0v) is 14.2. The number of hydrogen-bond acceptors (Lipinski definition) is 5. The molecule has 0 fully saturated rings. The van der Waals surface area contributed by atoms with Gasteiger partial charge in [0.15, 0.2) is 10.8 Å². The Morgan fingerprint density at radius 1 is 1.08 bits per heavy atom. The highest BCUT2D eigenvalue weighted by Crippen LogP contribution is 2.22.